The summed E-state index contributed by atoms with van der Waals surface area (Å²) in [6.45, 7) is 2.08. The molecule has 2 aliphatic rings. The number of hydrogen-bond acceptors (Lipinski definition) is 14. The van der Waals surface area contributed by atoms with Crippen LogP contribution in [0.2, 0.25) is 0 Å². The van der Waals surface area contributed by atoms with Crippen LogP contribution in [0.4, 0.5) is 0 Å². The quantitative estimate of drug-likeness (QED) is 0.0746. The van der Waals surface area contributed by atoms with Crippen LogP contribution in [0, 0.1) is 0 Å². The van der Waals surface area contributed by atoms with Gasteiger partial charge in [0.25, 0.3) is 0 Å². The van der Waals surface area contributed by atoms with E-state index in [1.165, 1.54) is 0 Å². The number of nitrogens with zero attached hydrogens (tertiary/aromatic N) is 2. The predicted molar refractivity (Wildman–Crippen MR) is 203 cm³/mol. The molecule has 10 atom stereocenters. The van der Waals surface area contributed by atoms with Gasteiger partial charge in [-0.05, 0) is 23.3 Å². The van der Waals surface area contributed by atoms with Crippen LogP contribution in [-0.2, 0) is 35.7 Å². The van der Waals surface area contributed by atoms with Crippen LogP contribution in [-0.4, -0.2) is 138 Å². The van der Waals surface area contributed by atoms with Crippen LogP contribution in [0.1, 0.15) is 22.3 Å². The second-order valence-electron chi connectivity index (χ2n) is 14.2. The van der Waals surface area contributed by atoms with E-state index >= 15 is 0 Å². The van der Waals surface area contributed by atoms with Gasteiger partial charge in [-0.2, -0.15) is 0 Å². The van der Waals surface area contributed by atoms with Gasteiger partial charge in [-0.3, -0.25) is 9.80 Å². The molecule has 0 radical (unpaired) electrons. The third-order valence-corrected chi connectivity index (χ3v) is 10.1. The van der Waals surface area contributed by atoms with E-state index in [1.54, 1.807) is 24.3 Å². The van der Waals surface area contributed by atoms with Crippen LogP contribution in [0.25, 0.3) is 0 Å². The maximum atomic E-state index is 10.7. The first-order valence-corrected chi connectivity index (χ1v) is 18.8. The maximum Gasteiger partial charge on any atom is 0.229 e. The van der Waals surface area contributed by atoms with Crippen molar-refractivity contribution in [1.82, 2.24) is 9.80 Å². The first kappa shape index (κ1) is 41.6. The van der Waals surface area contributed by atoms with Crippen molar-refractivity contribution < 1.29 is 59.8 Å². The summed E-state index contributed by atoms with van der Waals surface area (Å²) in [5, 5.41) is 82.1. The van der Waals surface area contributed by atoms with Crippen LogP contribution >= 0.6 is 0 Å². The van der Waals surface area contributed by atoms with Crippen molar-refractivity contribution in [3.8, 4) is 11.5 Å². The van der Waals surface area contributed by atoms with E-state index < -0.39 is 74.6 Å². The molecule has 14 nitrogen and oxygen atoms in total. The number of benzene rings is 4. The molecule has 2 fully saturated rings. The summed E-state index contributed by atoms with van der Waals surface area (Å²) in [6, 6.07) is 34.7. The minimum atomic E-state index is -1.57. The van der Waals surface area contributed by atoms with Crippen LogP contribution < -0.4 is 9.47 Å². The molecular weight excluding hydrogens is 724 g/mol. The van der Waals surface area contributed by atoms with Gasteiger partial charge in [0.1, 0.15) is 60.3 Å². The first-order valence-electron chi connectivity index (χ1n) is 18.8. The number of ether oxygens (including phenoxy) is 4. The van der Waals surface area contributed by atoms with Gasteiger partial charge < -0.3 is 59.8 Å². The Hall–Kier alpha value is -4.00. The summed E-state index contributed by atoms with van der Waals surface area (Å²) >= 11 is 0. The van der Waals surface area contributed by atoms with Gasteiger partial charge in [-0.1, -0.05) is 97.1 Å². The summed E-state index contributed by atoms with van der Waals surface area (Å²) in [6.07, 6.45) is -14.1. The summed E-state index contributed by atoms with van der Waals surface area (Å²) in [5.41, 5.74) is 3.75. The Morgan fingerprint density at radius 3 is 1.16 bits per heavy atom. The lowest BCUT2D eigenvalue weighted by Gasteiger charge is -2.40. The Morgan fingerprint density at radius 2 is 0.786 bits per heavy atom. The third kappa shape index (κ3) is 10.5. The molecule has 56 heavy (non-hydrogen) atoms. The van der Waals surface area contributed by atoms with E-state index in [0.717, 1.165) is 22.3 Å². The highest BCUT2D eigenvalue weighted by atomic mass is 16.7. The van der Waals surface area contributed by atoms with Crippen molar-refractivity contribution in [2.24, 2.45) is 0 Å². The molecule has 302 valence electrons. The summed E-state index contributed by atoms with van der Waals surface area (Å²) < 4.78 is 23.5. The van der Waals surface area contributed by atoms with Gasteiger partial charge in [0.2, 0.25) is 12.6 Å². The van der Waals surface area contributed by atoms with E-state index in [-0.39, 0.29) is 0 Å². The maximum absolute atomic E-state index is 10.7. The first-order chi connectivity index (χ1) is 27.1. The van der Waals surface area contributed by atoms with Gasteiger partial charge in [0, 0.05) is 50.4 Å². The molecular formula is C42H52N2O12. The average Bonchev–Trinajstić information content (AvgIpc) is 3.22. The molecule has 14 heteroatoms. The number of aliphatic hydroxyl groups excluding tert-OH is 8. The topological polar surface area (TPSA) is 205 Å². The lowest BCUT2D eigenvalue weighted by molar-refractivity contribution is -0.277. The molecule has 2 saturated heterocycles. The van der Waals surface area contributed by atoms with Gasteiger partial charge in [0.05, 0.1) is 13.2 Å². The monoisotopic (exact) mass is 776 g/mol. The smallest absolute Gasteiger partial charge is 0.229 e. The fourth-order valence-electron chi connectivity index (χ4n) is 6.95. The normalized spacial score (nSPS) is 28.0. The number of hydrogen-bond donors (Lipinski definition) is 8. The summed E-state index contributed by atoms with van der Waals surface area (Å²) in [7, 11) is 0. The zero-order valence-electron chi connectivity index (χ0n) is 30.9. The van der Waals surface area contributed by atoms with E-state index in [9.17, 15) is 40.9 Å². The van der Waals surface area contributed by atoms with Crippen molar-refractivity contribution in [3.63, 3.8) is 0 Å². The minimum Gasteiger partial charge on any atom is -0.462 e. The SMILES string of the molecule is OC[C@H]1O[C@@H](Oc2ccccc2CN(CCN(Cc2ccccc2)Cc2ccccc2O[C@@H]2O[C@H](CO)[C@@H](O)[C@H](O)[C@H]2O)Cc2ccccc2)[C@H](O)[C@@H](O)[C@@H]1O. The molecule has 2 aliphatic heterocycles. The van der Waals surface area contributed by atoms with Crippen LogP contribution in [0.3, 0.4) is 0 Å². The molecule has 0 aliphatic carbocycles. The highest BCUT2D eigenvalue weighted by Crippen LogP contribution is 2.30. The summed E-state index contributed by atoms with van der Waals surface area (Å²) in [4.78, 5) is 4.53. The Bertz CT molecular complexity index is 1640. The van der Waals surface area contributed by atoms with Crippen LogP contribution in [0.15, 0.2) is 109 Å². The molecule has 0 saturated carbocycles. The highest BCUT2D eigenvalue weighted by molar-refractivity contribution is 5.35. The second kappa shape index (κ2) is 19.9. The molecule has 4 aromatic rings. The van der Waals surface area contributed by atoms with E-state index in [0.29, 0.717) is 50.8 Å². The van der Waals surface area contributed by atoms with Crippen molar-refractivity contribution in [2.45, 2.75) is 87.6 Å². The molecule has 4 aromatic carbocycles. The minimum absolute atomic E-state index is 0.412. The Kier molecular flexibility index (Phi) is 14.8. The number of aliphatic hydroxyl groups is 8. The Balaban J connectivity index is 1.22. The van der Waals surface area contributed by atoms with Crippen LogP contribution in [0.5, 0.6) is 11.5 Å². The lowest BCUT2D eigenvalue weighted by atomic mass is 9.99. The molecule has 0 unspecified atom stereocenters. The average molecular weight is 777 g/mol. The van der Waals surface area contributed by atoms with Gasteiger partial charge in [0.15, 0.2) is 0 Å². The van der Waals surface area contributed by atoms with Gasteiger partial charge >= 0.3 is 0 Å². The molecule has 8 N–H and O–H groups in total. The highest BCUT2D eigenvalue weighted by Gasteiger charge is 2.46. The van der Waals surface area contributed by atoms with Crippen molar-refractivity contribution in [2.75, 3.05) is 26.3 Å². The second-order valence-corrected chi connectivity index (χ2v) is 14.2. The predicted octanol–water partition coefficient (Wildman–Crippen LogP) is 0.749. The van der Waals surface area contributed by atoms with Crippen molar-refractivity contribution in [1.29, 1.82) is 0 Å². The third-order valence-electron chi connectivity index (χ3n) is 10.1. The zero-order chi connectivity index (χ0) is 39.6. The number of para-hydroxylation sites is 2. The fraction of sp³-hybridized carbons (Fsp3) is 0.429. The lowest BCUT2D eigenvalue weighted by Crippen LogP contribution is -2.60. The molecule has 0 amide bonds. The molecule has 0 spiro atoms. The standard InChI is InChI=1S/C42H52N2O12/c45-25-33-35(47)37(49)39(51)41(55-33)53-31-17-9-7-15-29(31)23-43(21-27-11-3-1-4-12-27)19-20-44(22-28-13-5-2-6-14-28)24-30-16-8-10-18-32(30)54-42-40(52)38(50)36(48)34(26-46)56-42/h1-18,33-42,45-52H,19-26H2/t33-,34-,35-,36-,37+,38+,39-,40-,41-,42-/m1/s1. The van der Waals surface area contributed by atoms with Gasteiger partial charge in [-0.15, -0.1) is 0 Å². The molecule has 0 bridgehead atoms. The van der Waals surface area contributed by atoms with E-state index in [1.807, 2.05) is 60.7 Å². The van der Waals surface area contributed by atoms with Gasteiger partial charge in [-0.25, -0.2) is 0 Å². The Morgan fingerprint density at radius 1 is 0.429 bits per heavy atom. The van der Waals surface area contributed by atoms with Crippen molar-refractivity contribution in [3.05, 3.63) is 131 Å². The van der Waals surface area contributed by atoms with Crippen molar-refractivity contribution >= 4 is 0 Å². The molecule has 0 aromatic heterocycles. The fourth-order valence-corrected chi connectivity index (χ4v) is 6.95. The van der Waals surface area contributed by atoms with E-state index in [2.05, 4.69) is 34.1 Å². The number of rotatable bonds is 17. The molecule has 6 rings (SSSR count). The largest absolute Gasteiger partial charge is 0.462 e. The zero-order valence-corrected chi connectivity index (χ0v) is 30.9. The Labute approximate surface area is 325 Å². The summed E-state index contributed by atoms with van der Waals surface area (Å²) in [5.74, 6) is 0.825. The van der Waals surface area contributed by atoms with E-state index in [4.69, 9.17) is 18.9 Å². The molecule has 2 heterocycles.